The van der Waals surface area contributed by atoms with Gasteiger partial charge in [-0.3, -0.25) is 0 Å². The van der Waals surface area contributed by atoms with Gasteiger partial charge in [-0.25, -0.2) is 0 Å². The van der Waals surface area contributed by atoms with Crippen LogP contribution in [0.2, 0.25) is 0 Å². The fourth-order valence-corrected chi connectivity index (χ4v) is 1.18. The summed E-state index contributed by atoms with van der Waals surface area (Å²) in [4.78, 5) is 2.45. The number of nitrogens with zero attached hydrogens (tertiary/aromatic N) is 2. The van der Waals surface area contributed by atoms with E-state index in [4.69, 9.17) is 0 Å². The van der Waals surface area contributed by atoms with E-state index in [0.717, 1.165) is 26.2 Å². The van der Waals surface area contributed by atoms with E-state index in [1.807, 2.05) is 7.05 Å². The molecule has 0 unspecified atom stereocenters. The van der Waals surface area contributed by atoms with Gasteiger partial charge in [-0.15, -0.1) is 6.54 Å². The Balaban J connectivity index is 2.02. The van der Waals surface area contributed by atoms with E-state index >= 15 is 0 Å². The molecule has 1 saturated heterocycles. The average molecular weight is 142 g/mol. The molecule has 1 aliphatic rings. The highest BCUT2D eigenvalue weighted by Crippen LogP contribution is 1.91. The Kier molecular flexibility index (Phi) is 3.72. The largest absolute Gasteiger partial charge is 0.664 e. The van der Waals surface area contributed by atoms with E-state index in [2.05, 4.69) is 15.5 Å². The topological polar surface area (TPSA) is 29.4 Å². The Labute approximate surface area is 62.8 Å². The highest BCUT2D eigenvalue weighted by Gasteiger charge is 2.05. The van der Waals surface area contributed by atoms with Crippen molar-refractivity contribution in [2.75, 3.05) is 46.3 Å². The van der Waals surface area contributed by atoms with Crippen LogP contribution in [0, 0.1) is 0 Å². The van der Waals surface area contributed by atoms with Gasteiger partial charge in [0.15, 0.2) is 0 Å². The molecule has 60 valence electrons. The SMILES string of the molecule is C[N-]CCN1CCNCC1. The van der Waals surface area contributed by atoms with Gasteiger partial charge in [-0.1, -0.05) is 0 Å². The van der Waals surface area contributed by atoms with Crippen molar-refractivity contribution in [3.8, 4) is 0 Å². The first-order chi connectivity index (χ1) is 4.93. The third kappa shape index (κ3) is 2.64. The minimum atomic E-state index is 0.986. The highest BCUT2D eigenvalue weighted by atomic mass is 15.2. The first kappa shape index (κ1) is 7.98. The van der Waals surface area contributed by atoms with Crippen LogP contribution in [0.1, 0.15) is 0 Å². The molecule has 0 bridgehead atoms. The maximum absolute atomic E-state index is 4.07. The summed E-state index contributed by atoms with van der Waals surface area (Å²) >= 11 is 0. The molecule has 0 aromatic rings. The molecule has 1 rings (SSSR count). The first-order valence-electron chi connectivity index (χ1n) is 3.92. The zero-order valence-electron chi connectivity index (χ0n) is 6.64. The zero-order valence-corrected chi connectivity index (χ0v) is 6.64. The summed E-state index contributed by atoms with van der Waals surface area (Å²) in [5.41, 5.74) is 0. The Morgan fingerprint density at radius 1 is 1.40 bits per heavy atom. The van der Waals surface area contributed by atoms with Crippen molar-refractivity contribution in [2.45, 2.75) is 0 Å². The molecule has 0 radical (unpaired) electrons. The molecule has 1 aliphatic heterocycles. The summed E-state index contributed by atoms with van der Waals surface area (Å²) in [5.74, 6) is 0. The average Bonchev–Trinajstić information content (AvgIpc) is 2.03. The molecule has 10 heavy (non-hydrogen) atoms. The van der Waals surface area contributed by atoms with Crippen LogP contribution in [-0.4, -0.2) is 51.2 Å². The van der Waals surface area contributed by atoms with E-state index in [9.17, 15) is 0 Å². The maximum Gasteiger partial charge on any atom is 0.0107 e. The summed E-state index contributed by atoms with van der Waals surface area (Å²) in [6.45, 7) is 6.79. The lowest BCUT2D eigenvalue weighted by Gasteiger charge is -2.29. The predicted octanol–water partition coefficient (Wildman–Crippen LogP) is -0.105. The lowest BCUT2D eigenvalue weighted by Crippen LogP contribution is -2.44. The van der Waals surface area contributed by atoms with Gasteiger partial charge in [0.05, 0.1) is 0 Å². The Morgan fingerprint density at radius 2 is 2.10 bits per heavy atom. The van der Waals surface area contributed by atoms with Gasteiger partial charge >= 0.3 is 0 Å². The molecule has 0 aliphatic carbocycles. The van der Waals surface area contributed by atoms with Crippen molar-refractivity contribution in [3.63, 3.8) is 0 Å². The number of rotatable bonds is 3. The van der Waals surface area contributed by atoms with Gasteiger partial charge in [0.1, 0.15) is 0 Å². The zero-order chi connectivity index (χ0) is 7.23. The van der Waals surface area contributed by atoms with Crippen LogP contribution < -0.4 is 5.32 Å². The van der Waals surface area contributed by atoms with Crippen molar-refractivity contribution in [1.29, 1.82) is 0 Å². The summed E-state index contributed by atoms with van der Waals surface area (Å²) < 4.78 is 0. The molecule has 1 N–H and O–H groups in total. The van der Waals surface area contributed by atoms with Crippen molar-refractivity contribution in [2.24, 2.45) is 0 Å². The Bertz CT molecular complexity index is 78.9. The second-order valence-electron chi connectivity index (χ2n) is 2.63. The summed E-state index contributed by atoms with van der Waals surface area (Å²) in [7, 11) is 1.88. The number of likely N-dealkylation sites (N-methyl/N-ethyl adjacent to an activating group) is 1. The van der Waals surface area contributed by atoms with Gasteiger partial charge in [-0.05, 0) is 6.54 Å². The molecule has 0 amide bonds. The van der Waals surface area contributed by atoms with Crippen molar-refractivity contribution < 1.29 is 0 Å². The van der Waals surface area contributed by atoms with E-state index in [1.54, 1.807) is 0 Å². The van der Waals surface area contributed by atoms with Crippen LogP contribution >= 0.6 is 0 Å². The van der Waals surface area contributed by atoms with Crippen LogP contribution in [-0.2, 0) is 0 Å². The van der Waals surface area contributed by atoms with Crippen molar-refractivity contribution in [3.05, 3.63) is 5.32 Å². The molecule has 3 nitrogen and oxygen atoms in total. The highest BCUT2D eigenvalue weighted by molar-refractivity contribution is 4.75. The molecule has 3 heteroatoms. The number of nitrogens with one attached hydrogen (secondary N) is 1. The molecule has 0 aromatic heterocycles. The third-order valence-electron chi connectivity index (χ3n) is 1.85. The number of piperazine rings is 1. The third-order valence-corrected chi connectivity index (χ3v) is 1.85. The monoisotopic (exact) mass is 142 g/mol. The van der Waals surface area contributed by atoms with Crippen LogP contribution in [0.15, 0.2) is 0 Å². The van der Waals surface area contributed by atoms with Crippen LogP contribution in [0.5, 0.6) is 0 Å². The normalized spacial score (nSPS) is 21.3. The van der Waals surface area contributed by atoms with Gasteiger partial charge in [-0.2, -0.15) is 7.05 Å². The molecule has 0 atom stereocenters. The second kappa shape index (κ2) is 4.66. The number of hydrogen-bond donors (Lipinski definition) is 1. The molecule has 1 fully saturated rings. The van der Waals surface area contributed by atoms with E-state index in [1.165, 1.54) is 13.1 Å². The van der Waals surface area contributed by atoms with Crippen molar-refractivity contribution in [1.82, 2.24) is 10.2 Å². The minimum absolute atomic E-state index is 0.986. The summed E-state index contributed by atoms with van der Waals surface area (Å²) in [6, 6.07) is 0. The number of hydrogen-bond acceptors (Lipinski definition) is 2. The molecule has 0 saturated carbocycles. The summed E-state index contributed by atoms with van der Waals surface area (Å²) in [6.07, 6.45) is 0. The van der Waals surface area contributed by atoms with Gasteiger partial charge in [0.25, 0.3) is 0 Å². The molecule has 1 heterocycles. The van der Waals surface area contributed by atoms with Crippen molar-refractivity contribution >= 4 is 0 Å². The Hall–Kier alpha value is -0.120. The van der Waals surface area contributed by atoms with E-state index in [0.29, 0.717) is 0 Å². The van der Waals surface area contributed by atoms with Crippen LogP contribution in [0.25, 0.3) is 5.32 Å². The fourth-order valence-electron chi connectivity index (χ4n) is 1.18. The molecule has 0 spiro atoms. The van der Waals surface area contributed by atoms with Gasteiger partial charge in [0.2, 0.25) is 0 Å². The van der Waals surface area contributed by atoms with Gasteiger partial charge < -0.3 is 15.5 Å². The molecular weight excluding hydrogens is 126 g/mol. The van der Waals surface area contributed by atoms with Crippen LogP contribution in [0.4, 0.5) is 0 Å². The van der Waals surface area contributed by atoms with Gasteiger partial charge in [0, 0.05) is 26.2 Å². The lowest BCUT2D eigenvalue weighted by atomic mass is 10.3. The predicted molar refractivity (Wildman–Crippen MR) is 43.5 cm³/mol. The maximum atomic E-state index is 4.07. The smallest absolute Gasteiger partial charge is 0.0107 e. The minimum Gasteiger partial charge on any atom is -0.664 e. The molecule has 0 aromatic carbocycles. The first-order valence-corrected chi connectivity index (χ1v) is 3.92. The Morgan fingerprint density at radius 3 is 2.70 bits per heavy atom. The quantitative estimate of drug-likeness (QED) is 0.596. The summed E-state index contributed by atoms with van der Waals surface area (Å²) in [5, 5.41) is 7.39. The van der Waals surface area contributed by atoms with E-state index in [-0.39, 0.29) is 0 Å². The second-order valence-corrected chi connectivity index (χ2v) is 2.63. The standard InChI is InChI=1S/C7H16N3/c1-8-2-5-10-6-3-9-4-7-10/h9H,2-7H2,1H3/q-1. The molecular formula is C7H16N3-. The van der Waals surface area contributed by atoms with E-state index < -0.39 is 0 Å². The van der Waals surface area contributed by atoms with Crippen LogP contribution in [0.3, 0.4) is 0 Å². The fraction of sp³-hybridized carbons (Fsp3) is 1.00. The lowest BCUT2D eigenvalue weighted by molar-refractivity contribution is 0.250.